The molecule has 0 bridgehead atoms. The molecule has 1 heterocycles. The SMILES string of the molecule is CCCCCCCCCC(N)C(C)(CC)N1CCCCC1. The Morgan fingerprint density at radius 3 is 2.05 bits per heavy atom. The van der Waals surface area contributed by atoms with Crippen LogP contribution in [0.3, 0.4) is 0 Å². The monoisotopic (exact) mass is 296 g/mol. The normalized spacial score (nSPS) is 21.1. The molecule has 0 saturated carbocycles. The lowest BCUT2D eigenvalue weighted by Gasteiger charge is -2.47. The highest BCUT2D eigenvalue weighted by atomic mass is 15.2. The first kappa shape index (κ1) is 19.0. The summed E-state index contributed by atoms with van der Waals surface area (Å²) in [5, 5.41) is 0. The summed E-state index contributed by atoms with van der Waals surface area (Å²) in [6, 6.07) is 0.344. The number of nitrogens with two attached hydrogens (primary N) is 1. The van der Waals surface area contributed by atoms with E-state index in [-0.39, 0.29) is 5.54 Å². The Hall–Kier alpha value is -0.0800. The fraction of sp³-hybridized carbons (Fsp3) is 1.00. The van der Waals surface area contributed by atoms with Gasteiger partial charge in [0.1, 0.15) is 0 Å². The van der Waals surface area contributed by atoms with Crippen LogP contribution < -0.4 is 5.73 Å². The van der Waals surface area contributed by atoms with Crippen LogP contribution in [0.25, 0.3) is 0 Å². The van der Waals surface area contributed by atoms with Crippen molar-refractivity contribution in [3.8, 4) is 0 Å². The fourth-order valence-electron chi connectivity index (χ4n) is 3.76. The molecule has 0 radical (unpaired) electrons. The molecular weight excluding hydrogens is 256 g/mol. The maximum atomic E-state index is 6.61. The molecule has 0 aromatic heterocycles. The molecule has 2 N–H and O–H groups in total. The van der Waals surface area contributed by atoms with Crippen molar-refractivity contribution in [2.24, 2.45) is 5.73 Å². The lowest BCUT2D eigenvalue weighted by molar-refractivity contribution is 0.0514. The molecular formula is C19H40N2. The molecule has 21 heavy (non-hydrogen) atoms. The Balaban J connectivity index is 2.25. The van der Waals surface area contributed by atoms with Crippen LogP contribution in [0.4, 0.5) is 0 Å². The van der Waals surface area contributed by atoms with Gasteiger partial charge in [-0.3, -0.25) is 4.90 Å². The summed E-state index contributed by atoms with van der Waals surface area (Å²) in [5.41, 5.74) is 6.84. The minimum atomic E-state index is 0.225. The largest absolute Gasteiger partial charge is 0.326 e. The van der Waals surface area contributed by atoms with Crippen LogP contribution in [-0.2, 0) is 0 Å². The Kier molecular flexibility index (Phi) is 9.59. The predicted molar refractivity (Wildman–Crippen MR) is 94.7 cm³/mol. The summed E-state index contributed by atoms with van der Waals surface area (Å²) < 4.78 is 0. The number of nitrogens with zero attached hydrogens (tertiary/aromatic N) is 1. The standard InChI is InChI=1S/C19H40N2/c1-4-6-7-8-9-10-12-15-18(20)19(3,5-2)21-16-13-11-14-17-21/h18H,4-17,20H2,1-3H3. The maximum absolute atomic E-state index is 6.61. The Labute approximate surface area is 133 Å². The van der Waals surface area contributed by atoms with Gasteiger partial charge in [-0.05, 0) is 45.7 Å². The third kappa shape index (κ3) is 6.28. The van der Waals surface area contributed by atoms with Gasteiger partial charge in [0.15, 0.2) is 0 Å². The van der Waals surface area contributed by atoms with Gasteiger partial charge in [-0.2, -0.15) is 0 Å². The van der Waals surface area contributed by atoms with Gasteiger partial charge in [0.2, 0.25) is 0 Å². The molecule has 0 aliphatic carbocycles. The zero-order valence-corrected chi connectivity index (χ0v) is 15.0. The lowest BCUT2D eigenvalue weighted by Crippen LogP contribution is -2.59. The summed E-state index contributed by atoms with van der Waals surface area (Å²) in [5.74, 6) is 0. The van der Waals surface area contributed by atoms with Gasteiger partial charge >= 0.3 is 0 Å². The average Bonchev–Trinajstić information content (AvgIpc) is 2.53. The molecule has 0 aromatic carbocycles. The summed E-state index contributed by atoms with van der Waals surface area (Å²) in [6.45, 7) is 9.53. The van der Waals surface area contributed by atoms with E-state index < -0.39 is 0 Å². The molecule has 1 fully saturated rings. The predicted octanol–water partition coefficient (Wildman–Crippen LogP) is 5.11. The van der Waals surface area contributed by atoms with Crippen molar-refractivity contribution in [1.82, 2.24) is 4.90 Å². The van der Waals surface area contributed by atoms with Gasteiger partial charge in [-0.1, -0.05) is 65.2 Å². The van der Waals surface area contributed by atoms with Crippen molar-refractivity contribution in [3.05, 3.63) is 0 Å². The summed E-state index contributed by atoms with van der Waals surface area (Å²) in [6.07, 6.45) is 16.2. The molecule has 2 nitrogen and oxygen atoms in total. The van der Waals surface area contributed by atoms with Gasteiger partial charge in [0, 0.05) is 11.6 Å². The molecule has 1 rings (SSSR count). The van der Waals surface area contributed by atoms with Crippen LogP contribution in [0.5, 0.6) is 0 Å². The van der Waals surface area contributed by atoms with Crippen molar-refractivity contribution in [1.29, 1.82) is 0 Å². The first-order chi connectivity index (χ1) is 10.1. The van der Waals surface area contributed by atoms with Crippen LogP contribution >= 0.6 is 0 Å². The van der Waals surface area contributed by atoms with E-state index in [1.165, 1.54) is 90.1 Å². The second-order valence-electron chi connectivity index (χ2n) is 7.27. The number of hydrogen-bond donors (Lipinski definition) is 1. The average molecular weight is 297 g/mol. The number of hydrogen-bond acceptors (Lipinski definition) is 2. The minimum absolute atomic E-state index is 0.225. The maximum Gasteiger partial charge on any atom is 0.0329 e. The van der Waals surface area contributed by atoms with Gasteiger partial charge in [-0.25, -0.2) is 0 Å². The molecule has 1 aliphatic rings. The highest BCUT2D eigenvalue weighted by molar-refractivity contribution is 4.95. The van der Waals surface area contributed by atoms with Gasteiger partial charge in [0.25, 0.3) is 0 Å². The van der Waals surface area contributed by atoms with E-state index >= 15 is 0 Å². The molecule has 0 aromatic rings. The molecule has 2 unspecified atom stereocenters. The van der Waals surface area contributed by atoms with E-state index in [9.17, 15) is 0 Å². The Morgan fingerprint density at radius 2 is 1.48 bits per heavy atom. The van der Waals surface area contributed by atoms with Gasteiger partial charge in [0.05, 0.1) is 0 Å². The fourth-order valence-corrected chi connectivity index (χ4v) is 3.76. The molecule has 0 spiro atoms. The highest BCUT2D eigenvalue weighted by Crippen LogP contribution is 2.28. The van der Waals surface area contributed by atoms with Gasteiger partial charge < -0.3 is 5.73 Å². The Morgan fingerprint density at radius 1 is 0.905 bits per heavy atom. The number of likely N-dealkylation sites (tertiary alicyclic amines) is 1. The van der Waals surface area contributed by atoms with Crippen LogP contribution in [0, 0.1) is 0 Å². The van der Waals surface area contributed by atoms with E-state index in [0.29, 0.717) is 6.04 Å². The third-order valence-electron chi connectivity index (χ3n) is 5.71. The number of piperidine rings is 1. The van der Waals surface area contributed by atoms with E-state index in [2.05, 4.69) is 25.7 Å². The summed E-state index contributed by atoms with van der Waals surface area (Å²) >= 11 is 0. The molecule has 2 atom stereocenters. The second-order valence-corrected chi connectivity index (χ2v) is 7.27. The number of unbranched alkanes of at least 4 members (excludes halogenated alkanes) is 6. The molecule has 1 aliphatic heterocycles. The molecule has 2 heteroatoms. The van der Waals surface area contributed by atoms with Crippen LogP contribution in [0.2, 0.25) is 0 Å². The van der Waals surface area contributed by atoms with Crippen molar-refractivity contribution in [3.63, 3.8) is 0 Å². The summed E-state index contributed by atoms with van der Waals surface area (Å²) in [4.78, 5) is 2.68. The molecule has 1 saturated heterocycles. The van der Waals surface area contributed by atoms with E-state index in [1.807, 2.05) is 0 Å². The molecule has 0 amide bonds. The highest BCUT2D eigenvalue weighted by Gasteiger charge is 2.36. The Bertz CT molecular complexity index is 248. The smallest absolute Gasteiger partial charge is 0.0329 e. The lowest BCUT2D eigenvalue weighted by atomic mass is 9.83. The minimum Gasteiger partial charge on any atom is -0.326 e. The zero-order valence-electron chi connectivity index (χ0n) is 15.0. The van der Waals surface area contributed by atoms with Crippen LogP contribution in [0.1, 0.15) is 97.8 Å². The van der Waals surface area contributed by atoms with E-state index in [4.69, 9.17) is 5.73 Å². The second kappa shape index (κ2) is 10.6. The van der Waals surface area contributed by atoms with Crippen LogP contribution in [0.15, 0.2) is 0 Å². The van der Waals surface area contributed by atoms with E-state index in [0.717, 1.165) is 0 Å². The first-order valence-corrected chi connectivity index (χ1v) is 9.65. The first-order valence-electron chi connectivity index (χ1n) is 9.65. The van der Waals surface area contributed by atoms with Crippen molar-refractivity contribution < 1.29 is 0 Å². The summed E-state index contributed by atoms with van der Waals surface area (Å²) in [7, 11) is 0. The number of rotatable bonds is 11. The van der Waals surface area contributed by atoms with E-state index in [1.54, 1.807) is 0 Å². The quantitative estimate of drug-likeness (QED) is 0.537. The van der Waals surface area contributed by atoms with Crippen LogP contribution in [-0.4, -0.2) is 29.6 Å². The zero-order chi connectivity index (χ0) is 15.6. The molecule has 126 valence electrons. The third-order valence-corrected chi connectivity index (χ3v) is 5.71. The van der Waals surface area contributed by atoms with Crippen molar-refractivity contribution in [2.45, 2.75) is 109 Å². The topological polar surface area (TPSA) is 29.3 Å². The van der Waals surface area contributed by atoms with Crippen molar-refractivity contribution >= 4 is 0 Å². The van der Waals surface area contributed by atoms with Gasteiger partial charge in [-0.15, -0.1) is 0 Å². The van der Waals surface area contributed by atoms with Crippen molar-refractivity contribution in [2.75, 3.05) is 13.1 Å².